The third-order valence-electron chi connectivity index (χ3n) is 2.85. The van der Waals surface area contributed by atoms with Crippen molar-refractivity contribution >= 4 is 34.1 Å². The van der Waals surface area contributed by atoms with Crippen LogP contribution < -0.4 is 0 Å². The van der Waals surface area contributed by atoms with E-state index in [-0.39, 0.29) is 0 Å². The van der Waals surface area contributed by atoms with Crippen LogP contribution in [0.5, 0.6) is 0 Å². The average Bonchev–Trinajstić information content (AvgIpc) is 2.40. The van der Waals surface area contributed by atoms with Crippen LogP contribution in [0.15, 0.2) is 54.6 Å². The van der Waals surface area contributed by atoms with E-state index in [4.69, 9.17) is 23.2 Å². The summed E-state index contributed by atoms with van der Waals surface area (Å²) in [5, 5.41) is 2.00. The van der Waals surface area contributed by atoms with Crippen molar-refractivity contribution in [3.05, 3.63) is 64.8 Å². The summed E-state index contributed by atoms with van der Waals surface area (Å²) in [7, 11) is 0. The van der Waals surface area contributed by atoms with Crippen LogP contribution in [0.4, 0.5) is 0 Å². The highest BCUT2D eigenvalue weighted by molar-refractivity contribution is 6.42. The molecule has 18 heavy (non-hydrogen) atoms. The standard InChI is InChI=1S/C15H9Cl2N/c16-14-11-8-4-5-9-12(11)18-15(17)13(14)10-6-2-1-3-7-10/h1-9H. The van der Waals surface area contributed by atoms with Crippen molar-refractivity contribution in [2.45, 2.75) is 0 Å². The lowest BCUT2D eigenvalue weighted by atomic mass is 10.1. The first kappa shape index (κ1) is 11.5. The van der Waals surface area contributed by atoms with E-state index >= 15 is 0 Å². The molecule has 0 saturated carbocycles. The molecule has 0 aliphatic rings. The van der Waals surface area contributed by atoms with E-state index in [2.05, 4.69) is 4.98 Å². The van der Waals surface area contributed by atoms with Gasteiger partial charge in [-0.3, -0.25) is 0 Å². The second-order valence-electron chi connectivity index (χ2n) is 3.97. The molecule has 1 heterocycles. The fourth-order valence-corrected chi connectivity index (χ4v) is 2.70. The molecule has 0 aliphatic carbocycles. The highest BCUT2D eigenvalue weighted by Gasteiger charge is 2.13. The van der Waals surface area contributed by atoms with E-state index < -0.39 is 0 Å². The summed E-state index contributed by atoms with van der Waals surface area (Å²) in [6.07, 6.45) is 0. The van der Waals surface area contributed by atoms with E-state index in [1.807, 2.05) is 54.6 Å². The first-order chi connectivity index (χ1) is 8.77. The molecule has 3 aromatic rings. The van der Waals surface area contributed by atoms with E-state index in [1.54, 1.807) is 0 Å². The third-order valence-corrected chi connectivity index (χ3v) is 3.51. The van der Waals surface area contributed by atoms with Gasteiger partial charge < -0.3 is 0 Å². The third kappa shape index (κ3) is 1.86. The summed E-state index contributed by atoms with van der Waals surface area (Å²) in [4.78, 5) is 4.39. The first-order valence-corrected chi connectivity index (χ1v) is 6.32. The van der Waals surface area contributed by atoms with Gasteiger partial charge in [0.2, 0.25) is 0 Å². The Balaban J connectivity index is 2.37. The molecule has 0 atom stereocenters. The van der Waals surface area contributed by atoms with Gasteiger partial charge in [-0.15, -0.1) is 0 Å². The normalized spacial score (nSPS) is 10.8. The van der Waals surface area contributed by atoms with Gasteiger partial charge in [0.25, 0.3) is 0 Å². The highest BCUT2D eigenvalue weighted by Crippen LogP contribution is 2.37. The molecule has 0 N–H and O–H groups in total. The number of rotatable bonds is 1. The van der Waals surface area contributed by atoms with Gasteiger partial charge in [0.15, 0.2) is 0 Å². The molecule has 0 fully saturated rings. The van der Waals surface area contributed by atoms with E-state index in [0.29, 0.717) is 10.2 Å². The number of fused-ring (bicyclic) bond motifs is 1. The largest absolute Gasteiger partial charge is 0.235 e. The van der Waals surface area contributed by atoms with Crippen molar-refractivity contribution in [3.63, 3.8) is 0 Å². The molecule has 0 radical (unpaired) electrons. The van der Waals surface area contributed by atoms with Gasteiger partial charge in [-0.05, 0) is 11.6 Å². The monoisotopic (exact) mass is 273 g/mol. The van der Waals surface area contributed by atoms with Crippen LogP contribution in [-0.2, 0) is 0 Å². The minimum absolute atomic E-state index is 0.435. The van der Waals surface area contributed by atoms with E-state index in [1.165, 1.54) is 0 Å². The molecule has 3 heteroatoms. The number of aromatic nitrogens is 1. The maximum Gasteiger partial charge on any atom is 0.139 e. The molecular weight excluding hydrogens is 265 g/mol. The molecule has 0 saturated heterocycles. The summed E-state index contributed by atoms with van der Waals surface area (Å²) < 4.78 is 0. The number of halogens is 2. The van der Waals surface area contributed by atoms with Crippen molar-refractivity contribution in [1.82, 2.24) is 4.98 Å². The molecule has 0 aliphatic heterocycles. The molecule has 0 bridgehead atoms. The maximum absolute atomic E-state index is 6.46. The van der Waals surface area contributed by atoms with Crippen molar-refractivity contribution in [1.29, 1.82) is 0 Å². The van der Waals surface area contributed by atoms with Crippen LogP contribution in [-0.4, -0.2) is 4.98 Å². The summed E-state index contributed by atoms with van der Waals surface area (Å²) in [6, 6.07) is 17.5. The zero-order valence-corrected chi connectivity index (χ0v) is 10.9. The highest BCUT2D eigenvalue weighted by atomic mass is 35.5. The number of hydrogen-bond donors (Lipinski definition) is 0. The molecule has 2 aromatic carbocycles. The predicted octanol–water partition coefficient (Wildman–Crippen LogP) is 5.21. The second-order valence-corrected chi connectivity index (χ2v) is 4.71. The number of pyridine rings is 1. The lowest BCUT2D eigenvalue weighted by Crippen LogP contribution is -1.88. The molecule has 0 spiro atoms. The summed E-state index contributed by atoms with van der Waals surface area (Å²) >= 11 is 12.7. The Bertz CT molecular complexity index is 708. The van der Waals surface area contributed by atoms with Crippen molar-refractivity contribution in [2.24, 2.45) is 0 Å². The van der Waals surface area contributed by atoms with E-state index in [9.17, 15) is 0 Å². The Hall–Kier alpha value is -1.57. The Morgan fingerprint density at radius 1 is 0.778 bits per heavy atom. The van der Waals surface area contributed by atoms with Crippen molar-refractivity contribution in [3.8, 4) is 11.1 Å². The zero-order valence-electron chi connectivity index (χ0n) is 9.40. The first-order valence-electron chi connectivity index (χ1n) is 5.56. The average molecular weight is 274 g/mol. The molecule has 0 unspecified atom stereocenters. The summed E-state index contributed by atoms with van der Waals surface area (Å²) in [5.74, 6) is 0. The Kier molecular flexibility index (Phi) is 2.94. The quantitative estimate of drug-likeness (QED) is 0.555. The summed E-state index contributed by atoms with van der Waals surface area (Å²) in [5.41, 5.74) is 2.58. The molecule has 1 aromatic heterocycles. The van der Waals surface area contributed by atoms with Gasteiger partial charge in [-0.25, -0.2) is 4.98 Å². The SMILES string of the molecule is Clc1nc2ccccc2c(Cl)c1-c1ccccc1. The summed E-state index contributed by atoms with van der Waals surface area (Å²) in [6.45, 7) is 0. The lowest BCUT2D eigenvalue weighted by Gasteiger charge is -2.09. The van der Waals surface area contributed by atoms with Crippen LogP contribution in [0.25, 0.3) is 22.0 Å². The fraction of sp³-hybridized carbons (Fsp3) is 0. The van der Waals surface area contributed by atoms with Crippen LogP contribution in [0, 0.1) is 0 Å². The van der Waals surface area contributed by atoms with Crippen LogP contribution in [0.2, 0.25) is 10.2 Å². The van der Waals surface area contributed by atoms with Gasteiger partial charge in [-0.1, -0.05) is 71.7 Å². The second kappa shape index (κ2) is 4.60. The van der Waals surface area contributed by atoms with Gasteiger partial charge in [0.1, 0.15) is 5.15 Å². The molecule has 0 amide bonds. The molecule has 3 rings (SSSR count). The van der Waals surface area contributed by atoms with Crippen molar-refractivity contribution < 1.29 is 0 Å². The minimum Gasteiger partial charge on any atom is -0.235 e. The van der Waals surface area contributed by atoms with Gasteiger partial charge >= 0.3 is 0 Å². The molecular formula is C15H9Cl2N. The van der Waals surface area contributed by atoms with Crippen LogP contribution in [0.1, 0.15) is 0 Å². The lowest BCUT2D eigenvalue weighted by molar-refractivity contribution is 1.41. The van der Waals surface area contributed by atoms with E-state index in [0.717, 1.165) is 22.0 Å². The Morgan fingerprint density at radius 3 is 2.22 bits per heavy atom. The maximum atomic E-state index is 6.46. The number of para-hydroxylation sites is 1. The van der Waals surface area contributed by atoms with Crippen LogP contribution >= 0.6 is 23.2 Å². The van der Waals surface area contributed by atoms with Crippen LogP contribution in [0.3, 0.4) is 0 Å². The number of nitrogens with zero attached hydrogens (tertiary/aromatic N) is 1. The van der Waals surface area contributed by atoms with Crippen molar-refractivity contribution in [2.75, 3.05) is 0 Å². The van der Waals surface area contributed by atoms with Gasteiger partial charge in [0, 0.05) is 10.9 Å². The molecule has 1 nitrogen and oxygen atoms in total. The smallest absolute Gasteiger partial charge is 0.139 e. The number of hydrogen-bond acceptors (Lipinski definition) is 1. The molecule has 88 valence electrons. The fourth-order valence-electron chi connectivity index (χ4n) is 1.99. The Labute approximate surface area is 115 Å². The zero-order chi connectivity index (χ0) is 12.5. The van der Waals surface area contributed by atoms with Gasteiger partial charge in [-0.2, -0.15) is 0 Å². The minimum atomic E-state index is 0.435. The van der Waals surface area contributed by atoms with Gasteiger partial charge in [0.05, 0.1) is 10.5 Å². The Morgan fingerprint density at radius 2 is 1.44 bits per heavy atom. The topological polar surface area (TPSA) is 12.9 Å². The number of benzene rings is 2. The predicted molar refractivity (Wildman–Crippen MR) is 77.2 cm³/mol.